The van der Waals surface area contributed by atoms with Crippen molar-refractivity contribution in [2.45, 2.75) is 19.9 Å². The Balaban J connectivity index is 2.55. The first-order valence-corrected chi connectivity index (χ1v) is 6.25. The monoisotopic (exact) mass is 275 g/mol. The summed E-state index contributed by atoms with van der Waals surface area (Å²) in [5.74, 6) is 0.503. The van der Waals surface area contributed by atoms with Crippen molar-refractivity contribution >= 4 is 5.78 Å². The van der Waals surface area contributed by atoms with E-state index < -0.39 is 0 Å². The first kappa shape index (κ1) is 14.0. The molecule has 0 N–H and O–H groups in total. The molecule has 0 spiro atoms. The van der Waals surface area contributed by atoms with E-state index in [2.05, 4.69) is 10.1 Å². The summed E-state index contributed by atoms with van der Waals surface area (Å²) < 4.78 is 12.0. The molecule has 0 aliphatic rings. The molecule has 0 bridgehead atoms. The highest BCUT2D eigenvalue weighted by Crippen LogP contribution is 2.26. The lowest BCUT2D eigenvalue weighted by atomic mass is 10.1. The van der Waals surface area contributed by atoms with Gasteiger partial charge in [0.05, 0.1) is 26.0 Å². The number of nitrogens with zero attached hydrogens (tertiary/aromatic N) is 3. The molecule has 0 unspecified atom stereocenters. The summed E-state index contributed by atoms with van der Waals surface area (Å²) in [6.45, 7) is 3.90. The minimum absolute atomic E-state index is 0.0421. The number of ketones is 1. The van der Waals surface area contributed by atoms with Gasteiger partial charge in [0, 0.05) is 12.2 Å². The quantitative estimate of drug-likeness (QED) is 0.782. The maximum atomic E-state index is 12.7. The summed E-state index contributed by atoms with van der Waals surface area (Å²) in [6.07, 6.45) is 3.11. The van der Waals surface area contributed by atoms with Crippen molar-refractivity contribution in [2.24, 2.45) is 0 Å². The van der Waals surface area contributed by atoms with Crippen LogP contribution >= 0.6 is 0 Å². The summed E-state index contributed by atoms with van der Waals surface area (Å²) in [5.41, 5.74) is 0.782. The molecule has 20 heavy (non-hydrogen) atoms. The minimum Gasteiger partial charge on any atom is -0.493 e. The lowest BCUT2D eigenvalue weighted by molar-refractivity contribution is 0.102. The van der Waals surface area contributed by atoms with Crippen LogP contribution in [-0.2, 0) is 0 Å². The van der Waals surface area contributed by atoms with Gasteiger partial charge in [-0.3, -0.25) is 9.48 Å². The zero-order valence-electron chi connectivity index (χ0n) is 12.0. The van der Waals surface area contributed by atoms with Crippen LogP contribution in [-0.4, -0.2) is 34.8 Å². The fourth-order valence-corrected chi connectivity index (χ4v) is 1.96. The maximum Gasteiger partial charge on any atom is 0.224 e. The lowest BCUT2D eigenvalue weighted by Gasteiger charge is -2.12. The Bertz CT molecular complexity index is 620. The van der Waals surface area contributed by atoms with E-state index in [0.717, 1.165) is 0 Å². The summed E-state index contributed by atoms with van der Waals surface area (Å²) in [4.78, 5) is 16.8. The predicted octanol–water partition coefficient (Wildman–Crippen LogP) is 2.11. The third kappa shape index (κ3) is 2.36. The van der Waals surface area contributed by atoms with Crippen molar-refractivity contribution in [2.75, 3.05) is 14.2 Å². The Kier molecular flexibility index (Phi) is 4.02. The highest BCUT2D eigenvalue weighted by Gasteiger charge is 2.25. The number of aromatic nitrogens is 3. The van der Waals surface area contributed by atoms with Crippen LogP contribution in [0.1, 0.15) is 35.9 Å². The second kappa shape index (κ2) is 5.73. The third-order valence-electron chi connectivity index (χ3n) is 2.90. The standard InChI is InChI=1S/C14H17N3O3/c1-9(2)17-12(11(19-3)8-16-17)13(18)10-6-5-7-15-14(10)20-4/h5-9H,1-4H3. The van der Waals surface area contributed by atoms with Crippen LogP contribution in [0, 0.1) is 0 Å². The third-order valence-corrected chi connectivity index (χ3v) is 2.90. The fraction of sp³-hybridized carbons (Fsp3) is 0.357. The Labute approximate surface area is 117 Å². The Morgan fingerprint density at radius 2 is 2.05 bits per heavy atom. The van der Waals surface area contributed by atoms with Crippen molar-refractivity contribution in [3.8, 4) is 11.6 Å². The topological polar surface area (TPSA) is 66.2 Å². The molecular formula is C14H17N3O3. The number of methoxy groups -OCH3 is 2. The molecule has 2 aromatic heterocycles. The van der Waals surface area contributed by atoms with Crippen LogP contribution in [0.4, 0.5) is 0 Å². The highest BCUT2D eigenvalue weighted by atomic mass is 16.5. The van der Waals surface area contributed by atoms with Crippen molar-refractivity contribution in [1.29, 1.82) is 0 Å². The van der Waals surface area contributed by atoms with E-state index in [1.807, 2.05) is 13.8 Å². The van der Waals surface area contributed by atoms with E-state index in [0.29, 0.717) is 17.0 Å². The molecule has 0 aliphatic heterocycles. The van der Waals surface area contributed by atoms with Gasteiger partial charge in [-0.05, 0) is 26.0 Å². The molecule has 0 amide bonds. The van der Waals surface area contributed by atoms with Crippen LogP contribution in [0.25, 0.3) is 0 Å². The number of ether oxygens (including phenoxy) is 2. The van der Waals surface area contributed by atoms with Crippen LogP contribution in [0.15, 0.2) is 24.5 Å². The molecule has 106 valence electrons. The zero-order valence-corrected chi connectivity index (χ0v) is 12.0. The molecule has 2 rings (SSSR count). The van der Waals surface area contributed by atoms with E-state index >= 15 is 0 Å². The molecule has 0 aliphatic carbocycles. The Morgan fingerprint density at radius 1 is 1.30 bits per heavy atom. The molecule has 2 aromatic rings. The van der Waals surface area contributed by atoms with Gasteiger partial charge in [0.25, 0.3) is 0 Å². The highest BCUT2D eigenvalue weighted by molar-refractivity contribution is 6.10. The summed E-state index contributed by atoms with van der Waals surface area (Å²) in [6, 6.07) is 3.41. The van der Waals surface area contributed by atoms with Crippen molar-refractivity contribution in [1.82, 2.24) is 14.8 Å². The molecule has 0 saturated heterocycles. The van der Waals surface area contributed by atoms with Crippen LogP contribution in [0.3, 0.4) is 0 Å². The molecule has 0 aromatic carbocycles. The molecule has 6 nitrogen and oxygen atoms in total. The number of carbonyl (C=O) groups excluding carboxylic acids is 1. The van der Waals surface area contributed by atoms with E-state index in [4.69, 9.17) is 9.47 Å². The molecule has 0 saturated carbocycles. The fourth-order valence-electron chi connectivity index (χ4n) is 1.96. The average Bonchev–Trinajstić information content (AvgIpc) is 2.90. The summed E-state index contributed by atoms with van der Waals surface area (Å²) in [5, 5.41) is 4.20. The maximum absolute atomic E-state index is 12.7. The molecule has 0 atom stereocenters. The zero-order chi connectivity index (χ0) is 14.7. The minimum atomic E-state index is -0.224. The average molecular weight is 275 g/mol. The largest absolute Gasteiger partial charge is 0.493 e. The van der Waals surface area contributed by atoms with Gasteiger partial charge in [0.15, 0.2) is 11.4 Å². The number of hydrogen-bond acceptors (Lipinski definition) is 5. The van der Waals surface area contributed by atoms with Gasteiger partial charge in [-0.15, -0.1) is 0 Å². The summed E-state index contributed by atoms with van der Waals surface area (Å²) in [7, 11) is 3.00. The van der Waals surface area contributed by atoms with Gasteiger partial charge in [-0.1, -0.05) is 0 Å². The van der Waals surface area contributed by atoms with Gasteiger partial charge in [0.1, 0.15) is 0 Å². The predicted molar refractivity (Wildman–Crippen MR) is 73.4 cm³/mol. The van der Waals surface area contributed by atoms with Crippen molar-refractivity contribution in [3.63, 3.8) is 0 Å². The van der Waals surface area contributed by atoms with E-state index in [1.165, 1.54) is 20.4 Å². The molecule has 2 heterocycles. The van der Waals surface area contributed by atoms with Gasteiger partial charge in [-0.2, -0.15) is 5.10 Å². The van der Waals surface area contributed by atoms with Crippen LogP contribution in [0.2, 0.25) is 0 Å². The second-order valence-electron chi connectivity index (χ2n) is 4.49. The van der Waals surface area contributed by atoms with Gasteiger partial charge in [0.2, 0.25) is 11.7 Å². The number of rotatable bonds is 5. The van der Waals surface area contributed by atoms with Crippen LogP contribution < -0.4 is 9.47 Å². The Morgan fingerprint density at radius 3 is 2.65 bits per heavy atom. The van der Waals surface area contributed by atoms with Gasteiger partial charge < -0.3 is 9.47 Å². The SMILES string of the molecule is COc1cnn(C(C)C)c1C(=O)c1cccnc1OC. The molecule has 6 heteroatoms. The molecule has 0 radical (unpaired) electrons. The van der Waals surface area contributed by atoms with E-state index in [-0.39, 0.29) is 17.7 Å². The van der Waals surface area contributed by atoms with Crippen molar-refractivity contribution in [3.05, 3.63) is 35.8 Å². The Hall–Kier alpha value is -2.37. The van der Waals surface area contributed by atoms with Gasteiger partial charge in [-0.25, -0.2) is 4.98 Å². The number of carbonyl (C=O) groups is 1. The van der Waals surface area contributed by atoms with Crippen molar-refractivity contribution < 1.29 is 14.3 Å². The molecule has 0 fully saturated rings. The van der Waals surface area contributed by atoms with E-state index in [9.17, 15) is 4.79 Å². The first-order valence-electron chi connectivity index (χ1n) is 6.25. The summed E-state index contributed by atoms with van der Waals surface area (Å²) >= 11 is 0. The first-order chi connectivity index (χ1) is 9.60. The smallest absolute Gasteiger partial charge is 0.224 e. The van der Waals surface area contributed by atoms with E-state index in [1.54, 1.807) is 23.0 Å². The van der Waals surface area contributed by atoms with Gasteiger partial charge >= 0.3 is 0 Å². The normalized spacial score (nSPS) is 10.7. The second-order valence-corrected chi connectivity index (χ2v) is 4.49. The van der Waals surface area contributed by atoms with Crippen LogP contribution in [0.5, 0.6) is 11.6 Å². The lowest BCUT2D eigenvalue weighted by Crippen LogP contribution is -2.15. The molecular weight excluding hydrogens is 258 g/mol. The number of hydrogen-bond donors (Lipinski definition) is 0. The number of pyridine rings is 1.